The molecular weight excluding hydrogens is 449 g/mol. The highest BCUT2D eigenvalue weighted by Crippen LogP contribution is 2.27. The number of hydrogen-bond donors (Lipinski definition) is 1. The first-order valence-corrected chi connectivity index (χ1v) is 11.2. The largest absolute Gasteiger partial charge is 0.497 e. The Hall–Kier alpha value is -4.12. The number of hydrogen-bond acceptors (Lipinski definition) is 7. The van der Waals surface area contributed by atoms with Crippen LogP contribution in [0.5, 0.6) is 5.75 Å². The number of aromatic nitrogens is 4. The lowest BCUT2D eigenvalue weighted by Gasteiger charge is -2.11. The molecule has 0 radical (unpaired) electrons. The molecule has 0 aliphatic heterocycles. The molecule has 0 fully saturated rings. The van der Waals surface area contributed by atoms with Crippen molar-refractivity contribution in [2.24, 2.45) is 0 Å². The van der Waals surface area contributed by atoms with Crippen LogP contribution in [0.4, 0.5) is 10.1 Å². The summed E-state index contributed by atoms with van der Waals surface area (Å²) < 4.78 is 46.9. The highest BCUT2D eigenvalue weighted by molar-refractivity contribution is 7.92. The summed E-state index contributed by atoms with van der Waals surface area (Å²) in [7, 11) is -2.67. The lowest BCUT2D eigenvalue weighted by atomic mass is 10.1. The Bertz CT molecular complexity index is 1400. The molecule has 3 aromatic carbocycles. The summed E-state index contributed by atoms with van der Waals surface area (Å²) in [5.74, 6) is -0.384. The van der Waals surface area contributed by atoms with Crippen molar-refractivity contribution in [3.63, 3.8) is 0 Å². The number of carbonyl (C=O) groups is 1. The smallest absolute Gasteiger partial charge is 0.264 e. The number of halogens is 1. The third kappa shape index (κ3) is 4.88. The Morgan fingerprint density at radius 2 is 1.73 bits per heavy atom. The number of tetrazole rings is 1. The maximum Gasteiger partial charge on any atom is 0.264 e. The Kier molecular flexibility index (Phi) is 6.13. The number of nitrogens with one attached hydrogen (secondary N) is 1. The lowest BCUT2D eigenvalue weighted by molar-refractivity contribution is 0.0961. The molecule has 0 aliphatic carbocycles. The molecule has 0 aliphatic rings. The zero-order valence-electron chi connectivity index (χ0n) is 17.3. The number of anilines is 1. The predicted molar refractivity (Wildman–Crippen MR) is 118 cm³/mol. The van der Waals surface area contributed by atoms with Crippen LogP contribution >= 0.6 is 0 Å². The van der Waals surface area contributed by atoms with E-state index in [1.807, 2.05) is 0 Å². The second kappa shape index (κ2) is 9.17. The van der Waals surface area contributed by atoms with Gasteiger partial charge in [0.2, 0.25) is 5.82 Å². The molecule has 168 valence electrons. The molecule has 4 rings (SSSR count). The van der Waals surface area contributed by atoms with E-state index in [1.165, 1.54) is 31.4 Å². The van der Waals surface area contributed by atoms with Crippen LogP contribution in [0.25, 0.3) is 11.4 Å². The fourth-order valence-electron chi connectivity index (χ4n) is 3.04. The number of Topliss-reactive ketones (excluding diaryl/α,β-unsaturated/α-hetero) is 1. The van der Waals surface area contributed by atoms with Crippen LogP contribution in [0.1, 0.15) is 10.4 Å². The summed E-state index contributed by atoms with van der Waals surface area (Å²) in [5, 5.41) is 12.0. The first kappa shape index (κ1) is 22.1. The van der Waals surface area contributed by atoms with Gasteiger partial charge in [0.15, 0.2) is 5.78 Å². The molecule has 0 atom stereocenters. The van der Waals surface area contributed by atoms with E-state index in [4.69, 9.17) is 4.74 Å². The zero-order chi connectivity index (χ0) is 23.4. The molecule has 4 aromatic rings. The van der Waals surface area contributed by atoms with Gasteiger partial charge in [-0.25, -0.2) is 12.8 Å². The van der Waals surface area contributed by atoms with E-state index in [0.29, 0.717) is 16.9 Å². The molecule has 11 heteroatoms. The van der Waals surface area contributed by atoms with E-state index in [0.717, 1.165) is 10.9 Å². The number of ketones is 1. The van der Waals surface area contributed by atoms with Crippen LogP contribution in [0, 0.1) is 5.82 Å². The van der Waals surface area contributed by atoms with E-state index in [-0.39, 0.29) is 23.8 Å². The van der Waals surface area contributed by atoms with Crippen molar-refractivity contribution in [1.29, 1.82) is 0 Å². The predicted octanol–water partition coefficient (Wildman–Crippen LogP) is 3.17. The molecule has 1 heterocycles. The van der Waals surface area contributed by atoms with E-state index in [9.17, 15) is 17.6 Å². The molecule has 0 saturated carbocycles. The van der Waals surface area contributed by atoms with Crippen LogP contribution in [-0.4, -0.2) is 41.5 Å². The summed E-state index contributed by atoms with van der Waals surface area (Å²) >= 11 is 0. The third-order valence-electron chi connectivity index (χ3n) is 4.69. The van der Waals surface area contributed by atoms with Gasteiger partial charge in [0.25, 0.3) is 10.0 Å². The summed E-state index contributed by atoms with van der Waals surface area (Å²) in [4.78, 5) is 13.1. The van der Waals surface area contributed by atoms with Gasteiger partial charge in [-0.15, -0.1) is 10.2 Å². The molecule has 33 heavy (non-hydrogen) atoms. The van der Waals surface area contributed by atoms with Crippen LogP contribution in [-0.2, 0) is 16.6 Å². The van der Waals surface area contributed by atoms with Gasteiger partial charge in [0, 0.05) is 11.1 Å². The van der Waals surface area contributed by atoms with E-state index in [1.54, 1.807) is 42.5 Å². The molecule has 0 amide bonds. The average Bonchev–Trinajstić information content (AvgIpc) is 3.27. The number of carbonyl (C=O) groups excluding carboxylic acids is 1. The number of ether oxygens (including phenoxy) is 1. The minimum atomic E-state index is -4.20. The second-order valence-electron chi connectivity index (χ2n) is 6.88. The van der Waals surface area contributed by atoms with Crippen molar-refractivity contribution in [1.82, 2.24) is 20.2 Å². The van der Waals surface area contributed by atoms with Gasteiger partial charge < -0.3 is 4.74 Å². The maximum atomic E-state index is 14.0. The molecule has 0 unspecified atom stereocenters. The highest BCUT2D eigenvalue weighted by Gasteiger charge is 2.21. The average molecular weight is 467 g/mol. The zero-order valence-corrected chi connectivity index (χ0v) is 18.2. The number of benzene rings is 3. The number of methoxy groups -OCH3 is 1. The van der Waals surface area contributed by atoms with Crippen LogP contribution < -0.4 is 9.46 Å². The number of para-hydroxylation sites is 1. The van der Waals surface area contributed by atoms with Crippen molar-refractivity contribution in [3.8, 4) is 17.1 Å². The third-order valence-corrected chi connectivity index (χ3v) is 6.09. The number of nitrogens with zero attached hydrogens (tertiary/aromatic N) is 4. The molecule has 0 saturated heterocycles. The first-order chi connectivity index (χ1) is 15.9. The molecule has 9 nitrogen and oxygen atoms in total. The Morgan fingerprint density at radius 1 is 1.03 bits per heavy atom. The maximum absolute atomic E-state index is 14.0. The van der Waals surface area contributed by atoms with Crippen LogP contribution in [0.2, 0.25) is 0 Å². The summed E-state index contributed by atoms with van der Waals surface area (Å²) in [6.45, 7) is -0.164. The highest BCUT2D eigenvalue weighted by atomic mass is 32.2. The van der Waals surface area contributed by atoms with Gasteiger partial charge in [0.1, 0.15) is 23.0 Å². The van der Waals surface area contributed by atoms with Crippen LogP contribution in [0.3, 0.4) is 0 Å². The minimum absolute atomic E-state index is 0.101. The van der Waals surface area contributed by atoms with E-state index < -0.39 is 20.7 Å². The van der Waals surface area contributed by atoms with Gasteiger partial charge in [-0.2, -0.15) is 4.80 Å². The molecule has 0 bridgehead atoms. The van der Waals surface area contributed by atoms with Gasteiger partial charge in [-0.1, -0.05) is 24.3 Å². The minimum Gasteiger partial charge on any atom is -0.497 e. The van der Waals surface area contributed by atoms with Crippen LogP contribution in [0.15, 0.2) is 77.7 Å². The van der Waals surface area contributed by atoms with Crippen molar-refractivity contribution < 1.29 is 22.3 Å². The fourth-order valence-corrected chi connectivity index (χ4v) is 4.20. The summed E-state index contributed by atoms with van der Waals surface area (Å²) in [5.41, 5.74) is 0.912. The quantitative estimate of drug-likeness (QED) is 0.396. The Morgan fingerprint density at radius 3 is 2.45 bits per heavy atom. The monoisotopic (exact) mass is 467 g/mol. The number of rotatable bonds is 8. The summed E-state index contributed by atoms with van der Waals surface area (Å²) in [6, 6.07) is 18.0. The topological polar surface area (TPSA) is 116 Å². The Labute approximate surface area is 188 Å². The normalized spacial score (nSPS) is 11.2. The van der Waals surface area contributed by atoms with Gasteiger partial charge in [-0.05, 0) is 53.7 Å². The molecule has 1 aromatic heterocycles. The number of sulfonamides is 1. The SMILES string of the molecule is COc1ccc(C(=O)Cn2nnc(-c3ccccc3NS(=O)(=O)c3ccccc3F)n2)cc1. The van der Waals surface area contributed by atoms with Crippen molar-refractivity contribution >= 4 is 21.5 Å². The van der Waals surface area contributed by atoms with Gasteiger partial charge in [0.05, 0.1) is 12.8 Å². The first-order valence-electron chi connectivity index (χ1n) is 9.69. The second-order valence-corrected chi connectivity index (χ2v) is 8.53. The lowest BCUT2D eigenvalue weighted by Crippen LogP contribution is -2.15. The van der Waals surface area contributed by atoms with Gasteiger partial charge >= 0.3 is 0 Å². The Balaban J connectivity index is 1.56. The van der Waals surface area contributed by atoms with Crippen molar-refractivity contribution in [2.75, 3.05) is 11.8 Å². The van der Waals surface area contributed by atoms with Crippen molar-refractivity contribution in [3.05, 3.63) is 84.2 Å². The molecule has 0 spiro atoms. The standard InChI is InChI=1S/C22H18FN5O4S/c1-32-16-12-10-15(11-13-16)20(29)14-28-25-22(24-27-28)17-6-2-4-8-19(17)26-33(30,31)21-9-5-3-7-18(21)23/h2-13,26H,14H2,1H3. The van der Waals surface area contributed by atoms with Crippen molar-refractivity contribution in [2.45, 2.75) is 11.4 Å². The fraction of sp³-hybridized carbons (Fsp3) is 0.0909. The van der Waals surface area contributed by atoms with E-state index in [2.05, 4.69) is 20.1 Å². The van der Waals surface area contributed by atoms with E-state index >= 15 is 0 Å². The summed E-state index contributed by atoms with van der Waals surface area (Å²) in [6.07, 6.45) is 0. The van der Waals surface area contributed by atoms with Gasteiger partial charge in [-0.3, -0.25) is 9.52 Å². The molecule has 1 N–H and O–H groups in total. The molecular formula is C22H18FN5O4S.